The number of carbonyl (C=O) groups is 2. The van der Waals surface area contributed by atoms with Crippen LogP contribution in [0.1, 0.15) is 17.3 Å². The number of nitrogens with zero attached hydrogens (tertiary/aromatic N) is 1. The summed E-state index contributed by atoms with van der Waals surface area (Å²) in [7, 11) is 0. The summed E-state index contributed by atoms with van der Waals surface area (Å²) >= 11 is 0. The second-order valence-electron chi connectivity index (χ2n) is 2.99. The number of H-pyrrole nitrogens is 1. The number of rotatable bonds is 2. The Morgan fingerprint density at radius 2 is 2.21 bits per heavy atom. The summed E-state index contributed by atoms with van der Waals surface area (Å²) in [6.45, 7) is 1.25. The molecule has 0 atom stereocenters. The summed E-state index contributed by atoms with van der Waals surface area (Å²) in [5, 5.41) is 0. The van der Waals surface area contributed by atoms with E-state index in [2.05, 4.69) is 9.97 Å². The average Bonchev–Trinajstić information content (AvgIpc) is 2.60. The predicted molar refractivity (Wildman–Crippen MR) is 51.1 cm³/mol. The van der Waals surface area contributed by atoms with E-state index in [9.17, 15) is 9.59 Å². The highest BCUT2D eigenvalue weighted by Crippen LogP contribution is 2.15. The average molecular weight is 188 g/mol. The molecule has 0 amide bonds. The fraction of sp³-hybridized carbons (Fsp3) is 0.100. The molecule has 70 valence electrons. The smallest absolute Gasteiger partial charge is 0.231 e. The molecule has 2 aromatic heterocycles. The van der Waals surface area contributed by atoms with Gasteiger partial charge in [0.1, 0.15) is 0 Å². The van der Waals surface area contributed by atoms with Gasteiger partial charge in [-0.1, -0.05) is 0 Å². The van der Waals surface area contributed by atoms with Crippen LogP contribution in [0, 0.1) is 0 Å². The van der Waals surface area contributed by atoms with Crippen LogP contribution in [0.25, 0.3) is 11.0 Å². The van der Waals surface area contributed by atoms with E-state index in [1.54, 1.807) is 18.3 Å². The number of hydrogen-bond acceptors (Lipinski definition) is 3. The van der Waals surface area contributed by atoms with Crippen molar-refractivity contribution in [3.05, 3.63) is 30.1 Å². The van der Waals surface area contributed by atoms with Crippen LogP contribution in [0.15, 0.2) is 24.5 Å². The maximum atomic E-state index is 11.4. The Bertz CT molecular complexity index is 514. The van der Waals surface area contributed by atoms with Crippen molar-refractivity contribution < 1.29 is 9.59 Å². The number of aromatic nitrogens is 2. The third kappa shape index (κ3) is 1.21. The van der Waals surface area contributed by atoms with E-state index in [1.807, 2.05) is 0 Å². The molecule has 0 unspecified atom stereocenters. The van der Waals surface area contributed by atoms with Crippen LogP contribution in [0.2, 0.25) is 0 Å². The topological polar surface area (TPSA) is 62.8 Å². The van der Waals surface area contributed by atoms with Crippen LogP contribution in [0.4, 0.5) is 0 Å². The molecule has 0 saturated heterocycles. The number of carbonyl (C=O) groups excluding carboxylic acids is 2. The second kappa shape index (κ2) is 3.06. The number of ketones is 2. The third-order valence-electron chi connectivity index (χ3n) is 2.00. The van der Waals surface area contributed by atoms with Gasteiger partial charge < -0.3 is 4.98 Å². The van der Waals surface area contributed by atoms with Crippen molar-refractivity contribution in [3.63, 3.8) is 0 Å². The number of pyridine rings is 1. The predicted octanol–water partition coefficient (Wildman–Crippen LogP) is 1.33. The molecule has 0 aliphatic carbocycles. The lowest BCUT2D eigenvalue weighted by atomic mass is 10.1. The number of fused-ring (bicyclic) bond motifs is 1. The molecule has 4 nitrogen and oxygen atoms in total. The molecule has 2 aromatic rings. The zero-order valence-electron chi connectivity index (χ0n) is 7.57. The molecule has 0 spiro atoms. The van der Waals surface area contributed by atoms with E-state index in [0.29, 0.717) is 11.1 Å². The quantitative estimate of drug-likeness (QED) is 0.571. The second-order valence-corrected chi connectivity index (χ2v) is 2.99. The molecule has 0 radical (unpaired) electrons. The minimum atomic E-state index is -0.505. The van der Waals surface area contributed by atoms with Gasteiger partial charge in [-0.15, -0.1) is 0 Å². The van der Waals surface area contributed by atoms with Crippen molar-refractivity contribution in [2.75, 3.05) is 0 Å². The van der Waals surface area contributed by atoms with Gasteiger partial charge in [0, 0.05) is 19.3 Å². The normalized spacial score (nSPS) is 10.4. The number of nitrogens with one attached hydrogen (secondary N) is 1. The van der Waals surface area contributed by atoms with E-state index < -0.39 is 11.6 Å². The van der Waals surface area contributed by atoms with Gasteiger partial charge in [0.15, 0.2) is 5.78 Å². The van der Waals surface area contributed by atoms with Gasteiger partial charge in [-0.25, -0.2) is 0 Å². The van der Waals surface area contributed by atoms with Crippen LogP contribution in [0.3, 0.4) is 0 Å². The van der Waals surface area contributed by atoms with Crippen LogP contribution >= 0.6 is 0 Å². The zero-order chi connectivity index (χ0) is 10.1. The maximum Gasteiger partial charge on any atom is 0.231 e. The molecular weight excluding hydrogens is 180 g/mol. The van der Waals surface area contributed by atoms with Gasteiger partial charge in [-0.05, 0) is 12.1 Å². The molecular formula is C10H8N2O2. The number of Topliss-reactive ketones (excluding diaryl/α,β-unsaturated/α-hetero) is 2. The van der Waals surface area contributed by atoms with Crippen LogP contribution in [0.5, 0.6) is 0 Å². The lowest BCUT2D eigenvalue weighted by Crippen LogP contribution is -2.09. The lowest BCUT2D eigenvalue weighted by Gasteiger charge is -1.92. The molecule has 0 aliphatic heterocycles. The Balaban J connectivity index is 2.64. The van der Waals surface area contributed by atoms with Crippen molar-refractivity contribution >= 4 is 22.6 Å². The van der Waals surface area contributed by atoms with Crippen LogP contribution < -0.4 is 0 Å². The molecule has 0 saturated carbocycles. The van der Waals surface area contributed by atoms with Gasteiger partial charge in [0.2, 0.25) is 5.78 Å². The fourth-order valence-electron chi connectivity index (χ4n) is 1.32. The Kier molecular flexibility index (Phi) is 1.89. The molecule has 14 heavy (non-hydrogen) atoms. The van der Waals surface area contributed by atoms with Crippen LogP contribution in [-0.2, 0) is 4.79 Å². The Labute approximate surface area is 80.0 Å². The third-order valence-corrected chi connectivity index (χ3v) is 2.00. The van der Waals surface area contributed by atoms with Crippen molar-refractivity contribution in [1.29, 1.82) is 0 Å². The SMILES string of the molecule is CC(=O)C(=O)c1c[nH]c2cccnc12. The minimum absolute atomic E-state index is 0.341. The molecule has 0 aliphatic rings. The Hall–Kier alpha value is -1.97. The molecule has 1 N–H and O–H groups in total. The summed E-state index contributed by atoms with van der Waals surface area (Å²) in [5.74, 6) is -0.980. The van der Waals surface area contributed by atoms with Crippen molar-refractivity contribution in [2.24, 2.45) is 0 Å². The fourth-order valence-corrected chi connectivity index (χ4v) is 1.32. The summed E-state index contributed by atoms with van der Waals surface area (Å²) < 4.78 is 0. The zero-order valence-corrected chi connectivity index (χ0v) is 7.57. The maximum absolute atomic E-state index is 11.4. The summed E-state index contributed by atoms with van der Waals surface area (Å²) in [4.78, 5) is 29.2. The number of hydrogen-bond donors (Lipinski definition) is 1. The van der Waals surface area contributed by atoms with E-state index in [0.717, 1.165) is 5.52 Å². The minimum Gasteiger partial charge on any atom is -0.359 e. The highest BCUT2D eigenvalue weighted by atomic mass is 16.2. The summed E-state index contributed by atoms with van der Waals surface area (Å²) in [6, 6.07) is 3.57. The van der Waals surface area contributed by atoms with Crippen molar-refractivity contribution in [1.82, 2.24) is 9.97 Å². The lowest BCUT2D eigenvalue weighted by molar-refractivity contribution is -0.113. The Morgan fingerprint density at radius 1 is 1.43 bits per heavy atom. The first-order valence-corrected chi connectivity index (χ1v) is 4.17. The number of aromatic amines is 1. The van der Waals surface area contributed by atoms with Crippen molar-refractivity contribution in [2.45, 2.75) is 6.92 Å². The van der Waals surface area contributed by atoms with Crippen LogP contribution in [-0.4, -0.2) is 21.5 Å². The highest BCUT2D eigenvalue weighted by molar-refractivity contribution is 6.44. The van der Waals surface area contributed by atoms with Gasteiger partial charge in [0.05, 0.1) is 16.6 Å². The van der Waals surface area contributed by atoms with E-state index in [4.69, 9.17) is 0 Å². The first kappa shape index (κ1) is 8.62. The monoisotopic (exact) mass is 188 g/mol. The molecule has 2 rings (SSSR count). The van der Waals surface area contributed by atoms with E-state index in [1.165, 1.54) is 13.1 Å². The molecule has 2 heterocycles. The summed E-state index contributed by atoms with van der Waals surface area (Å²) in [5.41, 5.74) is 1.65. The molecule has 4 heteroatoms. The summed E-state index contributed by atoms with van der Waals surface area (Å²) in [6.07, 6.45) is 3.11. The van der Waals surface area contributed by atoms with Gasteiger partial charge in [-0.3, -0.25) is 14.6 Å². The first-order valence-electron chi connectivity index (χ1n) is 4.17. The Morgan fingerprint density at radius 3 is 2.93 bits per heavy atom. The van der Waals surface area contributed by atoms with Gasteiger partial charge in [-0.2, -0.15) is 0 Å². The van der Waals surface area contributed by atoms with E-state index in [-0.39, 0.29) is 0 Å². The first-order chi connectivity index (χ1) is 6.70. The standard InChI is InChI=1S/C10H8N2O2/c1-6(13)10(14)7-5-12-8-3-2-4-11-9(7)8/h2-5,12H,1H3. The van der Waals surface area contributed by atoms with Gasteiger partial charge >= 0.3 is 0 Å². The molecule has 0 fully saturated rings. The van der Waals surface area contributed by atoms with Gasteiger partial charge in [0.25, 0.3) is 0 Å². The van der Waals surface area contributed by atoms with E-state index >= 15 is 0 Å². The highest BCUT2D eigenvalue weighted by Gasteiger charge is 2.16. The molecule has 0 bridgehead atoms. The largest absolute Gasteiger partial charge is 0.359 e. The molecule has 0 aromatic carbocycles. The van der Waals surface area contributed by atoms with Crippen molar-refractivity contribution in [3.8, 4) is 0 Å².